The summed E-state index contributed by atoms with van der Waals surface area (Å²) >= 11 is 0. The van der Waals surface area contributed by atoms with E-state index in [0.717, 1.165) is 25.3 Å². The molecule has 3 N–H and O–H groups in total. The molecular formula is C11H15F2N3O. The minimum atomic E-state index is -0.749. The Morgan fingerprint density at radius 3 is 2.47 bits per heavy atom. The van der Waals surface area contributed by atoms with Crippen LogP contribution in [0.5, 0.6) is 0 Å². The van der Waals surface area contributed by atoms with Crippen LogP contribution in [0.15, 0.2) is 6.07 Å². The smallest absolute Gasteiger partial charge is 0.168 e. The number of hydrogen-bond donors (Lipinski definition) is 3. The van der Waals surface area contributed by atoms with Gasteiger partial charge in [-0.25, -0.2) is 13.8 Å². The summed E-state index contributed by atoms with van der Waals surface area (Å²) in [7, 11) is 1.51. The zero-order valence-corrected chi connectivity index (χ0v) is 9.56. The van der Waals surface area contributed by atoms with Crippen LogP contribution < -0.4 is 10.6 Å². The topological polar surface area (TPSA) is 57.2 Å². The van der Waals surface area contributed by atoms with Crippen molar-refractivity contribution in [2.24, 2.45) is 0 Å². The van der Waals surface area contributed by atoms with E-state index in [0.29, 0.717) is 0 Å². The van der Waals surface area contributed by atoms with E-state index in [-0.39, 0.29) is 18.2 Å². The fourth-order valence-electron chi connectivity index (χ4n) is 1.91. The lowest BCUT2D eigenvalue weighted by molar-refractivity contribution is 0.143. The van der Waals surface area contributed by atoms with Gasteiger partial charge in [0.1, 0.15) is 0 Å². The van der Waals surface area contributed by atoms with Gasteiger partial charge < -0.3 is 15.7 Å². The third-order valence-electron chi connectivity index (χ3n) is 3.16. The Hall–Kier alpha value is -1.43. The number of nitrogens with zero attached hydrogens (tertiary/aromatic N) is 1. The molecular weight excluding hydrogens is 228 g/mol. The van der Waals surface area contributed by atoms with E-state index in [1.54, 1.807) is 0 Å². The predicted molar refractivity (Wildman–Crippen MR) is 61.0 cm³/mol. The molecule has 0 amide bonds. The minimum Gasteiger partial charge on any atom is -0.394 e. The maximum atomic E-state index is 13.5. The van der Waals surface area contributed by atoms with Gasteiger partial charge in [-0.2, -0.15) is 0 Å². The zero-order valence-electron chi connectivity index (χ0n) is 9.56. The summed E-state index contributed by atoms with van der Waals surface area (Å²) in [5, 5.41) is 14.7. The fourth-order valence-corrected chi connectivity index (χ4v) is 1.91. The van der Waals surface area contributed by atoms with Gasteiger partial charge in [-0.3, -0.25) is 0 Å². The summed E-state index contributed by atoms with van der Waals surface area (Å²) < 4.78 is 26.7. The standard InChI is InChI=1S/C11H15F2N3O/c1-14-9-7(12)5-8(13)10(15-9)16-11(6-17)3-2-4-11/h5,17H,2-4,6H2,1H3,(H2,14,15,16). The van der Waals surface area contributed by atoms with Crippen molar-refractivity contribution in [1.82, 2.24) is 4.98 Å². The Bertz CT molecular complexity index is 416. The Kier molecular flexibility index (Phi) is 3.15. The van der Waals surface area contributed by atoms with Crippen LogP contribution in [0.3, 0.4) is 0 Å². The highest BCUT2D eigenvalue weighted by atomic mass is 19.1. The molecule has 1 fully saturated rings. The van der Waals surface area contributed by atoms with Crippen LogP contribution in [-0.4, -0.2) is 29.3 Å². The SMILES string of the molecule is CNc1nc(NC2(CO)CCC2)c(F)cc1F. The average Bonchev–Trinajstić information content (AvgIpc) is 2.26. The monoisotopic (exact) mass is 243 g/mol. The number of nitrogens with one attached hydrogen (secondary N) is 2. The zero-order chi connectivity index (χ0) is 12.5. The summed E-state index contributed by atoms with van der Waals surface area (Å²) in [6, 6.07) is 0.783. The van der Waals surface area contributed by atoms with Crippen molar-refractivity contribution in [3.63, 3.8) is 0 Å². The third kappa shape index (κ3) is 2.17. The number of hydrogen-bond acceptors (Lipinski definition) is 4. The van der Waals surface area contributed by atoms with Gasteiger partial charge in [0.25, 0.3) is 0 Å². The molecule has 1 heterocycles. The molecule has 0 aromatic carbocycles. The van der Waals surface area contributed by atoms with E-state index in [1.807, 2.05) is 0 Å². The molecule has 0 atom stereocenters. The molecule has 0 bridgehead atoms. The van der Waals surface area contributed by atoms with Crippen LogP contribution in [0.25, 0.3) is 0 Å². The van der Waals surface area contributed by atoms with E-state index in [9.17, 15) is 13.9 Å². The van der Waals surface area contributed by atoms with Crippen molar-refractivity contribution >= 4 is 11.6 Å². The van der Waals surface area contributed by atoms with Crippen molar-refractivity contribution in [2.45, 2.75) is 24.8 Å². The molecule has 1 aromatic rings. The average molecular weight is 243 g/mol. The van der Waals surface area contributed by atoms with E-state index in [4.69, 9.17) is 0 Å². The molecule has 2 rings (SSSR count). The molecule has 94 valence electrons. The molecule has 17 heavy (non-hydrogen) atoms. The van der Waals surface area contributed by atoms with Crippen molar-refractivity contribution in [3.05, 3.63) is 17.7 Å². The summed E-state index contributed by atoms with van der Waals surface area (Å²) in [6.45, 7) is -0.0830. The van der Waals surface area contributed by atoms with Gasteiger partial charge in [0.15, 0.2) is 23.3 Å². The van der Waals surface area contributed by atoms with E-state index < -0.39 is 17.2 Å². The summed E-state index contributed by atoms with van der Waals surface area (Å²) in [5.41, 5.74) is -0.503. The maximum Gasteiger partial charge on any atom is 0.168 e. The van der Waals surface area contributed by atoms with Crippen LogP contribution >= 0.6 is 0 Å². The normalized spacial score (nSPS) is 17.4. The molecule has 0 radical (unpaired) electrons. The first-order valence-electron chi connectivity index (χ1n) is 5.53. The first kappa shape index (κ1) is 12.0. The quantitative estimate of drug-likeness (QED) is 0.753. The molecule has 0 saturated heterocycles. The first-order valence-corrected chi connectivity index (χ1v) is 5.53. The second-order valence-corrected chi connectivity index (χ2v) is 4.32. The Morgan fingerprint density at radius 2 is 2.00 bits per heavy atom. The number of rotatable bonds is 4. The molecule has 1 saturated carbocycles. The van der Waals surface area contributed by atoms with Gasteiger partial charge in [0, 0.05) is 13.1 Å². The van der Waals surface area contributed by atoms with E-state index in [2.05, 4.69) is 15.6 Å². The lowest BCUT2D eigenvalue weighted by Gasteiger charge is -2.41. The van der Waals surface area contributed by atoms with Crippen LogP contribution in [0.2, 0.25) is 0 Å². The molecule has 6 heteroatoms. The molecule has 1 aliphatic rings. The van der Waals surface area contributed by atoms with Gasteiger partial charge in [0.2, 0.25) is 0 Å². The Labute approximate surface area is 98.1 Å². The molecule has 4 nitrogen and oxygen atoms in total. The summed E-state index contributed by atoms with van der Waals surface area (Å²) in [6.07, 6.45) is 2.50. The molecule has 0 unspecified atom stereocenters. The van der Waals surface area contributed by atoms with E-state index >= 15 is 0 Å². The van der Waals surface area contributed by atoms with Crippen LogP contribution in [0.4, 0.5) is 20.4 Å². The number of halogens is 2. The highest BCUT2D eigenvalue weighted by Crippen LogP contribution is 2.35. The number of pyridine rings is 1. The van der Waals surface area contributed by atoms with Gasteiger partial charge in [0.05, 0.1) is 12.1 Å². The molecule has 1 aromatic heterocycles. The first-order chi connectivity index (χ1) is 8.10. The van der Waals surface area contributed by atoms with Gasteiger partial charge >= 0.3 is 0 Å². The number of aromatic nitrogens is 1. The Balaban J connectivity index is 2.26. The van der Waals surface area contributed by atoms with Crippen molar-refractivity contribution in [2.75, 3.05) is 24.3 Å². The lowest BCUT2D eigenvalue weighted by atomic mass is 9.77. The van der Waals surface area contributed by atoms with Crippen LogP contribution in [0.1, 0.15) is 19.3 Å². The number of aliphatic hydroxyl groups excluding tert-OH is 1. The van der Waals surface area contributed by atoms with Crippen molar-refractivity contribution in [1.29, 1.82) is 0 Å². The number of aliphatic hydroxyl groups is 1. The van der Waals surface area contributed by atoms with Crippen molar-refractivity contribution < 1.29 is 13.9 Å². The fraction of sp³-hybridized carbons (Fsp3) is 0.545. The van der Waals surface area contributed by atoms with Crippen molar-refractivity contribution in [3.8, 4) is 0 Å². The molecule has 0 aliphatic heterocycles. The van der Waals surface area contributed by atoms with E-state index in [1.165, 1.54) is 7.05 Å². The van der Waals surface area contributed by atoms with Crippen LogP contribution in [0, 0.1) is 11.6 Å². The second-order valence-electron chi connectivity index (χ2n) is 4.32. The highest BCUT2D eigenvalue weighted by Gasteiger charge is 2.37. The summed E-state index contributed by atoms with van der Waals surface area (Å²) in [4.78, 5) is 3.82. The van der Waals surface area contributed by atoms with Gasteiger partial charge in [-0.15, -0.1) is 0 Å². The highest BCUT2D eigenvalue weighted by molar-refractivity contribution is 5.49. The number of anilines is 2. The summed E-state index contributed by atoms with van der Waals surface area (Å²) in [5.74, 6) is -1.52. The largest absolute Gasteiger partial charge is 0.394 e. The van der Waals surface area contributed by atoms with Crippen LogP contribution in [-0.2, 0) is 0 Å². The molecule has 1 aliphatic carbocycles. The maximum absolute atomic E-state index is 13.5. The molecule has 0 spiro atoms. The van der Waals surface area contributed by atoms with Gasteiger partial charge in [-0.1, -0.05) is 0 Å². The Morgan fingerprint density at radius 1 is 1.35 bits per heavy atom. The minimum absolute atomic E-state index is 0.0127. The second kappa shape index (κ2) is 4.44. The lowest BCUT2D eigenvalue weighted by Crippen LogP contribution is -2.48. The van der Waals surface area contributed by atoms with Gasteiger partial charge in [-0.05, 0) is 19.3 Å². The predicted octanol–water partition coefficient (Wildman–Crippen LogP) is 1.73. The third-order valence-corrected chi connectivity index (χ3v) is 3.16.